The van der Waals surface area contributed by atoms with Gasteiger partial charge in [-0.05, 0) is 0 Å². The van der Waals surface area contributed by atoms with Gasteiger partial charge in [-0.1, -0.05) is 6.92 Å². The van der Waals surface area contributed by atoms with Gasteiger partial charge >= 0.3 is 22.8 Å². The van der Waals surface area contributed by atoms with Gasteiger partial charge in [-0.2, -0.15) is 0 Å². The van der Waals surface area contributed by atoms with Crippen LogP contribution in [-0.2, 0) is 28.4 Å². The van der Waals surface area contributed by atoms with Crippen LogP contribution >= 0.6 is 0 Å². The van der Waals surface area contributed by atoms with Gasteiger partial charge in [0.1, 0.15) is 14.1 Å². The topological polar surface area (TPSA) is 102 Å². The van der Waals surface area contributed by atoms with E-state index in [0.717, 1.165) is 6.40 Å². The fourth-order valence-corrected chi connectivity index (χ4v) is 1.37. The number of hydrogen-bond donors (Lipinski definition) is 0. The molecule has 0 aliphatic rings. The van der Waals surface area contributed by atoms with Crippen LogP contribution in [0.15, 0.2) is 4.99 Å². The van der Waals surface area contributed by atoms with E-state index in [-0.39, 0.29) is 6.42 Å². The minimum absolute atomic E-state index is 0.00645. The quantitative estimate of drug-likeness (QED) is 0.271. The molecule has 18 heavy (non-hydrogen) atoms. The molecule has 0 fully saturated rings. The maximum Gasteiger partial charge on any atom is 0.508 e. The number of rotatable bonds is 6. The summed E-state index contributed by atoms with van der Waals surface area (Å²) in [5, 5.41) is 0. The first-order valence-electron chi connectivity index (χ1n) is 4.90. The normalized spacial score (nSPS) is 11.7. The number of ketones is 1. The zero-order valence-corrected chi connectivity index (χ0v) is 11.4. The Hall–Kier alpha value is -1.77. The van der Waals surface area contributed by atoms with E-state index in [2.05, 4.69) is 13.4 Å². The molecular weight excluding hydrogens is 264 g/mol. The van der Waals surface area contributed by atoms with E-state index in [4.69, 9.17) is 0 Å². The highest BCUT2D eigenvalue weighted by Gasteiger charge is 2.27. The number of carbonyl (C=O) groups excluding carboxylic acids is 2. The molecule has 9 heteroatoms. The van der Waals surface area contributed by atoms with Crippen LogP contribution in [0.2, 0.25) is 0 Å². The number of nitrogens with zero attached hydrogens (tertiary/aromatic N) is 2. The number of hydrogen-bond acceptors (Lipinski definition) is 7. The lowest BCUT2D eigenvalue weighted by molar-refractivity contribution is -0.466. The molecule has 0 atom stereocenters. The summed E-state index contributed by atoms with van der Waals surface area (Å²) in [6, 6.07) is 0. The molecule has 0 saturated heterocycles. The van der Waals surface area contributed by atoms with E-state index in [1.54, 1.807) is 0 Å². The Morgan fingerprint density at radius 1 is 1.33 bits per heavy atom. The molecule has 0 aromatic rings. The molecule has 102 valence electrons. The van der Waals surface area contributed by atoms with Gasteiger partial charge in [0, 0.05) is 13.5 Å². The first-order valence-corrected chi connectivity index (χ1v) is 6.23. The largest absolute Gasteiger partial charge is 0.508 e. The van der Waals surface area contributed by atoms with Crippen molar-refractivity contribution in [1.82, 2.24) is 0 Å². The third kappa shape index (κ3) is 5.53. The van der Waals surface area contributed by atoms with Crippen molar-refractivity contribution in [3.63, 3.8) is 0 Å². The summed E-state index contributed by atoms with van der Waals surface area (Å²) in [4.78, 5) is 26.0. The first kappa shape index (κ1) is 16.2. The molecule has 0 bridgehead atoms. The third-order valence-electron chi connectivity index (χ3n) is 1.55. The zero-order chi connectivity index (χ0) is 14.3. The molecule has 0 N–H and O–H groups in total. The van der Waals surface area contributed by atoms with Gasteiger partial charge in [-0.25, -0.2) is 9.37 Å². The fourth-order valence-electron chi connectivity index (χ4n) is 0.788. The van der Waals surface area contributed by atoms with Crippen LogP contribution in [0, 0.1) is 0 Å². The Bertz CT molecular complexity index is 487. The van der Waals surface area contributed by atoms with Gasteiger partial charge in [0.05, 0.1) is 0 Å². The highest BCUT2D eigenvalue weighted by atomic mass is 32.3. The molecule has 0 amide bonds. The second-order valence-electron chi connectivity index (χ2n) is 3.29. The van der Waals surface area contributed by atoms with E-state index >= 15 is 0 Å². The van der Waals surface area contributed by atoms with Crippen LogP contribution in [0.3, 0.4) is 0 Å². The minimum Gasteiger partial charge on any atom is -0.309 e. The van der Waals surface area contributed by atoms with Crippen molar-refractivity contribution in [2.75, 3.05) is 21.1 Å². The van der Waals surface area contributed by atoms with Crippen molar-refractivity contribution < 1.29 is 30.9 Å². The molecule has 0 rings (SSSR count). The fraction of sp³-hybridized carbons (Fsp3) is 0.556. The van der Waals surface area contributed by atoms with Crippen molar-refractivity contribution in [1.29, 1.82) is 0 Å². The predicted octanol–water partition coefficient (Wildman–Crippen LogP) is -0.859. The van der Waals surface area contributed by atoms with Gasteiger partial charge in [0.2, 0.25) is 0 Å². The second-order valence-corrected chi connectivity index (χ2v) is 4.47. The molecule has 0 heterocycles. The van der Waals surface area contributed by atoms with E-state index in [1.165, 1.54) is 32.6 Å². The molecule has 0 aromatic heterocycles. The van der Waals surface area contributed by atoms with Gasteiger partial charge in [-0.3, -0.25) is 14.0 Å². The molecular formula is C9H15N2O6S+. The van der Waals surface area contributed by atoms with Crippen molar-refractivity contribution in [3.05, 3.63) is 0 Å². The Morgan fingerprint density at radius 2 is 1.89 bits per heavy atom. The molecule has 0 saturated carbocycles. The van der Waals surface area contributed by atoms with E-state index in [0.29, 0.717) is 0 Å². The molecule has 0 aliphatic carbocycles. The van der Waals surface area contributed by atoms with Crippen molar-refractivity contribution in [2.24, 2.45) is 4.99 Å². The van der Waals surface area contributed by atoms with Gasteiger partial charge in [-0.15, -0.1) is 8.42 Å². The maximum absolute atomic E-state index is 11.4. The molecule has 0 spiro atoms. The Morgan fingerprint density at radius 3 is 2.28 bits per heavy atom. The average Bonchev–Trinajstić information content (AvgIpc) is 2.26. The summed E-state index contributed by atoms with van der Waals surface area (Å²) in [7, 11) is -0.347. The van der Waals surface area contributed by atoms with Crippen LogP contribution in [0.25, 0.3) is 0 Å². The third-order valence-corrected chi connectivity index (χ3v) is 2.23. The number of aliphatic imine (C=N–C) groups is 1. The average molecular weight is 279 g/mol. The number of Topliss-reactive ketones (excluding diaryl/α,β-unsaturated/α-hetero) is 1. The summed E-state index contributed by atoms with van der Waals surface area (Å²) in [6.45, 7) is 1.51. The van der Waals surface area contributed by atoms with Crippen LogP contribution < -0.4 is 0 Å². The zero-order valence-electron chi connectivity index (χ0n) is 10.5. The lowest BCUT2D eigenvalue weighted by Crippen LogP contribution is -2.29. The minimum atomic E-state index is -4.55. The van der Waals surface area contributed by atoms with E-state index < -0.39 is 27.9 Å². The van der Waals surface area contributed by atoms with E-state index in [1.807, 2.05) is 0 Å². The van der Waals surface area contributed by atoms with Crippen molar-refractivity contribution in [2.45, 2.75) is 13.3 Å². The standard InChI is InChI=1S/C9H15N2O6S/c1-5-7(12)8(10-2)9(13)17-18(14,15)16-6-11(3)4/h6H,5H2,1-4H3/q+1. The molecule has 8 nitrogen and oxygen atoms in total. The number of carbonyl (C=O) groups is 2. The van der Waals surface area contributed by atoms with Crippen molar-refractivity contribution in [3.8, 4) is 0 Å². The first-order chi connectivity index (χ1) is 8.23. The summed E-state index contributed by atoms with van der Waals surface area (Å²) < 4.78 is 32.0. The van der Waals surface area contributed by atoms with Gasteiger partial charge in [0.15, 0.2) is 11.5 Å². The molecule has 0 aliphatic heterocycles. The summed E-state index contributed by atoms with van der Waals surface area (Å²) in [5.41, 5.74) is -0.575. The summed E-state index contributed by atoms with van der Waals surface area (Å²) in [5.74, 6) is -1.98. The van der Waals surface area contributed by atoms with Crippen LogP contribution in [0.4, 0.5) is 0 Å². The van der Waals surface area contributed by atoms with Crippen LogP contribution in [-0.4, -0.2) is 58.0 Å². The SMILES string of the molecule is CCC(=O)C(=NC)C(=O)OS(=O)(=O)OC=[N+](C)C. The highest BCUT2D eigenvalue weighted by Crippen LogP contribution is 1.99. The van der Waals surface area contributed by atoms with E-state index in [9.17, 15) is 18.0 Å². The summed E-state index contributed by atoms with van der Waals surface area (Å²) in [6.07, 6.45) is 0.833. The highest BCUT2D eigenvalue weighted by molar-refractivity contribution is 7.82. The predicted molar refractivity (Wildman–Crippen MR) is 62.9 cm³/mol. The molecule has 0 radical (unpaired) electrons. The van der Waals surface area contributed by atoms with Crippen LogP contribution in [0.5, 0.6) is 0 Å². The summed E-state index contributed by atoms with van der Waals surface area (Å²) >= 11 is 0. The Balaban J connectivity index is 4.86. The molecule has 0 aromatic carbocycles. The van der Waals surface area contributed by atoms with Crippen molar-refractivity contribution >= 4 is 34.3 Å². The second kappa shape index (κ2) is 6.84. The Labute approximate surface area is 105 Å². The monoisotopic (exact) mass is 279 g/mol. The maximum atomic E-state index is 11.4. The van der Waals surface area contributed by atoms with Gasteiger partial charge < -0.3 is 4.18 Å². The van der Waals surface area contributed by atoms with Crippen LogP contribution in [0.1, 0.15) is 13.3 Å². The smallest absolute Gasteiger partial charge is 0.309 e. The van der Waals surface area contributed by atoms with Gasteiger partial charge in [0.25, 0.3) is 0 Å². The Kier molecular flexibility index (Phi) is 6.17. The lowest BCUT2D eigenvalue weighted by atomic mass is 10.2. The lowest BCUT2D eigenvalue weighted by Gasteiger charge is -2.03. The molecule has 0 unspecified atom stereocenters.